The van der Waals surface area contributed by atoms with Gasteiger partial charge in [0.25, 0.3) is 3.72 Å². The first-order valence-corrected chi connectivity index (χ1v) is 14.9. The van der Waals surface area contributed by atoms with E-state index in [1.807, 2.05) is 25.4 Å². The molecule has 1 N–H and O–H groups in total. The Labute approximate surface area is 246 Å². The summed E-state index contributed by atoms with van der Waals surface area (Å²) in [6, 6.07) is 4.92. The van der Waals surface area contributed by atoms with Crippen LogP contribution in [0.5, 0.6) is 11.6 Å². The number of nitrogens with zero attached hydrogens (tertiary/aromatic N) is 7. The zero-order valence-electron chi connectivity index (χ0n) is 22.6. The fourth-order valence-corrected chi connectivity index (χ4v) is 6.54. The summed E-state index contributed by atoms with van der Waals surface area (Å²) in [5.41, 5.74) is 2.90. The molecule has 11 nitrogen and oxygen atoms in total. The second-order valence-corrected chi connectivity index (χ2v) is 11.7. The van der Waals surface area contributed by atoms with Crippen molar-refractivity contribution in [3.8, 4) is 23.0 Å². The maximum atomic E-state index is 6.52. The van der Waals surface area contributed by atoms with Crippen molar-refractivity contribution in [3.63, 3.8) is 0 Å². The quantitative estimate of drug-likeness (QED) is 0.335. The minimum absolute atomic E-state index is 0.0723. The van der Waals surface area contributed by atoms with Gasteiger partial charge in [0.05, 0.1) is 43.7 Å². The average Bonchev–Trinajstić information content (AvgIpc) is 3.29. The standard InChI is InChI=1S/C28H32IN8O3/c1-17-6-10-39-28-21(13-32-35(28)2)27-30-7-3-24(34-27)33-25-11-23(40-17)20(12-31-25)22-14-37(26(22)29)18-4-8-36(9-5-18)19-15-38-16-19/h3,7,11-14,17-19H,4-6,8-10,15-16H2,1-2H3,(H,30,31,33,34)/q+1/t17-/m0/s1. The van der Waals surface area contributed by atoms with Crippen LogP contribution in [0.1, 0.15) is 31.7 Å². The lowest BCUT2D eigenvalue weighted by molar-refractivity contribution is -0.508. The molecule has 4 aliphatic rings. The van der Waals surface area contributed by atoms with Gasteiger partial charge in [-0.25, -0.2) is 19.6 Å². The Kier molecular flexibility index (Phi) is 6.92. The van der Waals surface area contributed by atoms with E-state index in [9.17, 15) is 0 Å². The summed E-state index contributed by atoms with van der Waals surface area (Å²) >= 11 is 2.47. The largest absolute Gasteiger partial charge is 0.490 e. The summed E-state index contributed by atoms with van der Waals surface area (Å²) in [7, 11) is 1.85. The monoisotopic (exact) mass is 655 g/mol. The number of fused-ring (bicyclic) bond motifs is 6. The molecule has 7 rings (SSSR count). The van der Waals surface area contributed by atoms with Crippen LogP contribution in [0.4, 0.5) is 11.6 Å². The number of hydrogen-bond acceptors (Lipinski definition) is 9. The Balaban J connectivity index is 1.14. The first-order valence-electron chi connectivity index (χ1n) is 13.8. The summed E-state index contributed by atoms with van der Waals surface area (Å²) in [4.78, 5) is 16.5. The van der Waals surface area contributed by atoms with Crippen LogP contribution in [0.3, 0.4) is 0 Å². The zero-order valence-corrected chi connectivity index (χ0v) is 24.7. The molecule has 3 aromatic heterocycles. The van der Waals surface area contributed by atoms with E-state index in [0.717, 1.165) is 61.6 Å². The summed E-state index contributed by atoms with van der Waals surface area (Å²) in [6.45, 7) is 6.57. The van der Waals surface area contributed by atoms with Gasteiger partial charge in [-0.1, -0.05) is 0 Å². The zero-order chi connectivity index (χ0) is 27.2. The molecule has 208 valence electrons. The molecular formula is C28H32IN8O3+. The minimum atomic E-state index is -0.0723. The van der Waals surface area contributed by atoms with Gasteiger partial charge in [0.15, 0.2) is 18.1 Å². The topological polar surface area (TPSA) is 102 Å². The molecule has 1 atom stereocenters. The van der Waals surface area contributed by atoms with E-state index in [0.29, 0.717) is 48.5 Å². The highest BCUT2D eigenvalue weighted by atomic mass is 127. The SMILES string of the molecule is C[C@H]1CCOc2c(cnn2C)-c2nccc(n2)Nc2cc(c(C3=C[N+](C4CCN(C5COC5)CC4)=C3I)cn2)O1. The predicted molar refractivity (Wildman–Crippen MR) is 158 cm³/mol. The van der Waals surface area contributed by atoms with Gasteiger partial charge in [0.1, 0.15) is 28.5 Å². The molecule has 4 aliphatic heterocycles. The first kappa shape index (κ1) is 25.8. The number of halogens is 1. The van der Waals surface area contributed by atoms with Crippen LogP contribution in [-0.2, 0) is 11.8 Å². The number of rotatable bonds is 3. The molecule has 0 saturated carbocycles. The van der Waals surface area contributed by atoms with Crippen molar-refractivity contribution in [1.82, 2.24) is 29.6 Å². The third kappa shape index (κ3) is 4.85. The highest BCUT2D eigenvalue weighted by Crippen LogP contribution is 2.37. The fourth-order valence-electron chi connectivity index (χ4n) is 5.57. The molecule has 2 saturated heterocycles. The maximum Gasteiger partial charge on any atom is 0.255 e. The number of aromatic nitrogens is 5. The molecule has 0 spiro atoms. The van der Waals surface area contributed by atoms with E-state index in [2.05, 4.69) is 60.6 Å². The van der Waals surface area contributed by atoms with Gasteiger partial charge < -0.3 is 19.5 Å². The fraction of sp³-hybridized carbons (Fsp3) is 0.464. The van der Waals surface area contributed by atoms with Crippen molar-refractivity contribution in [2.45, 2.75) is 44.4 Å². The van der Waals surface area contributed by atoms with Crippen LogP contribution in [0.15, 0.2) is 36.9 Å². The summed E-state index contributed by atoms with van der Waals surface area (Å²) < 4.78 is 23.4. The van der Waals surface area contributed by atoms with Crippen molar-refractivity contribution in [1.29, 1.82) is 0 Å². The van der Waals surface area contributed by atoms with E-state index in [1.165, 1.54) is 3.72 Å². The van der Waals surface area contributed by atoms with E-state index in [1.54, 1.807) is 17.1 Å². The Hall–Kier alpha value is -3.10. The van der Waals surface area contributed by atoms with Gasteiger partial charge in [-0.2, -0.15) is 9.67 Å². The highest BCUT2D eigenvalue weighted by molar-refractivity contribution is 14.1. The smallest absolute Gasteiger partial charge is 0.255 e. The van der Waals surface area contributed by atoms with Gasteiger partial charge in [0.2, 0.25) is 5.88 Å². The number of nitrogens with one attached hydrogen (secondary N) is 1. The average molecular weight is 656 g/mol. The molecule has 12 heteroatoms. The Morgan fingerprint density at radius 1 is 1.07 bits per heavy atom. The van der Waals surface area contributed by atoms with Crippen LogP contribution >= 0.6 is 22.6 Å². The van der Waals surface area contributed by atoms with Crippen molar-refractivity contribution >= 4 is 43.5 Å². The number of allylic oxidation sites excluding steroid dienone is 1. The van der Waals surface area contributed by atoms with Gasteiger partial charge in [-0.05, 0) is 13.0 Å². The molecule has 0 amide bonds. The van der Waals surface area contributed by atoms with E-state index < -0.39 is 0 Å². The molecule has 7 heterocycles. The minimum Gasteiger partial charge on any atom is -0.490 e. The van der Waals surface area contributed by atoms with Crippen molar-refractivity contribution in [2.75, 3.05) is 38.2 Å². The van der Waals surface area contributed by atoms with Crippen LogP contribution in [0, 0.1) is 0 Å². The third-order valence-corrected chi connectivity index (χ3v) is 9.17. The Morgan fingerprint density at radius 3 is 2.70 bits per heavy atom. The molecule has 3 aromatic rings. The number of pyridine rings is 1. The lowest BCUT2D eigenvalue weighted by atomic mass is 9.98. The normalized spacial score (nSPS) is 22.1. The first-order chi connectivity index (χ1) is 19.5. The van der Waals surface area contributed by atoms with E-state index >= 15 is 0 Å². The molecule has 40 heavy (non-hydrogen) atoms. The lowest BCUT2D eigenvalue weighted by Gasteiger charge is -2.40. The lowest BCUT2D eigenvalue weighted by Crippen LogP contribution is -2.53. The summed E-state index contributed by atoms with van der Waals surface area (Å²) in [6.07, 6.45) is 10.6. The highest BCUT2D eigenvalue weighted by Gasteiger charge is 2.39. The Bertz CT molecular complexity index is 1490. The number of aryl methyl sites for hydroxylation is 1. The van der Waals surface area contributed by atoms with E-state index in [-0.39, 0.29) is 6.10 Å². The summed E-state index contributed by atoms with van der Waals surface area (Å²) in [5, 5.41) is 7.68. The summed E-state index contributed by atoms with van der Waals surface area (Å²) in [5.74, 6) is 3.26. The third-order valence-electron chi connectivity index (χ3n) is 8.03. The van der Waals surface area contributed by atoms with Crippen LogP contribution in [-0.4, -0.2) is 89.0 Å². The maximum absolute atomic E-state index is 6.52. The second-order valence-electron chi connectivity index (χ2n) is 10.7. The Morgan fingerprint density at radius 2 is 1.93 bits per heavy atom. The number of ether oxygens (including phenoxy) is 3. The van der Waals surface area contributed by atoms with Gasteiger partial charge in [-0.3, -0.25) is 4.90 Å². The molecule has 4 bridgehead atoms. The molecule has 0 unspecified atom stereocenters. The van der Waals surface area contributed by atoms with Crippen LogP contribution < -0.4 is 14.8 Å². The molecular weight excluding hydrogens is 623 g/mol. The van der Waals surface area contributed by atoms with Gasteiger partial charge >= 0.3 is 0 Å². The molecule has 0 aromatic carbocycles. The van der Waals surface area contributed by atoms with Crippen molar-refractivity contribution in [3.05, 3.63) is 42.5 Å². The van der Waals surface area contributed by atoms with Crippen LogP contribution in [0.2, 0.25) is 0 Å². The number of piperidine rings is 1. The number of hydrogen-bond donors (Lipinski definition) is 1. The van der Waals surface area contributed by atoms with Crippen LogP contribution in [0.25, 0.3) is 17.0 Å². The van der Waals surface area contributed by atoms with Gasteiger partial charge in [0, 0.05) is 80.5 Å². The molecule has 2 fully saturated rings. The second kappa shape index (κ2) is 10.7. The van der Waals surface area contributed by atoms with Gasteiger partial charge in [-0.15, -0.1) is 0 Å². The van der Waals surface area contributed by atoms with Crippen molar-refractivity contribution in [2.24, 2.45) is 7.05 Å². The predicted octanol–water partition coefficient (Wildman–Crippen LogP) is 3.63. The number of likely N-dealkylation sites (tertiary alicyclic amines) is 1. The molecule has 0 radical (unpaired) electrons. The number of anilines is 2. The van der Waals surface area contributed by atoms with Crippen molar-refractivity contribution < 1.29 is 18.8 Å². The van der Waals surface area contributed by atoms with E-state index in [4.69, 9.17) is 24.2 Å². The molecule has 0 aliphatic carbocycles.